The van der Waals surface area contributed by atoms with E-state index in [2.05, 4.69) is 10.3 Å². The third kappa shape index (κ3) is 4.47. The molecule has 1 fully saturated rings. The normalized spacial score (nSPS) is 17.0. The molecule has 3 heterocycles. The molecule has 6 nitrogen and oxygen atoms in total. The summed E-state index contributed by atoms with van der Waals surface area (Å²) in [6.45, 7) is 3.48. The average Bonchev–Trinajstić information content (AvgIpc) is 3.55. The van der Waals surface area contributed by atoms with Gasteiger partial charge < -0.3 is 15.0 Å². The Morgan fingerprint density at radius 2 is 2.12 bits per heavy atom. The predicted molar refractivity (Wildman–Crippen MR) is 133 cm³/mol. The van der Waals surface area contributed by atoms with E-state index in [4.69, 9.17) is 16.3 Å². The number of carbonyl (C=O) groups excluding carboxylic acids is 2. The lowest BCUT2D eigenvalue weighted by Gasteiger charge is -2.24. The second-order valence-corrected chi connectivity index (χ2v) is 10.8. The number of amides is 2. The van der Waals surface area contributed by atoms with E-state index >= 15 is 0 Å². The first-order valence-electron chi connectivity index (χ1n) is 10.7. The van der Waals surface area contributed by atoms with Gasteiger partial charge in [0.25, 0.3) is 11.8 Å². The Balaban J connectivity index is 1.32. The highest BCUT2D eigenvalue weighted by molar-refractivity contribution is 8.00. The van der Waals surface area contributed by atoms with Crippen LogP contribution in [0.4, 0.5) is 0 Å². The predicted octanol–water partition coefficient (Wildman–Crippen LogP) is 4.65. The van der Waals surface area contributed by atoms with E-state index in [1.807, 2.05) is 54.3 Å². The molecule has 33 heavy (non-hydrogen) atoms. The highest BCUT2D eigenvalue weighted by Gasteiger charge is 2.33. The topological polar surface area (TPSA) is 71.5 Å². The first kappa shape index (κ1) is 22.3. The molecule has 2 aromatic carbocycles. The van der Waals surface area contributed by atoms with Crippen LogP contribution in [0.3, 0.4) is 0 Å². The fraction of sp³-hybridized carbons (Fsp3) is 0.292. The minimum absolute atomic E-state index is 0.118. The van der Waals surface area contributed by atoms with Crippen LogP contribution in [0.1, 0.15) is 31.4 Å². The summed E-state index contributed by atoms with van der Waals surface area (Å²) >= 11 is 9.33. The average molecular weight is 500 g/mol. The van der Waals surface area contributed by atoms with Gasteiger partial charge >= 0.3 is 0 Å². The number of hydrogen-bond acceptors (Lipinski definition) is 6. The fourth-order valence-corrected chi connectivity index (χ4v) is 6.42. The summed E-state index contributed by atoms with van der Waals surface area (Å²) in [5.41, 5.74) is 2.92. The molecule has 9 heteroatoms. The molecule has 1 atom stereocenters. The Bertz CT molecular complexity index is 1230. The molecule has 1 unspecified atom stereocenters. The number of rotatable bonds is 5. The molecule has 3 aromatic rings. The molecule has 2 aliphatic heterocycles. The monoisotopic (exact) mass is 499 g/mol. The quantitative estimate of drug-likeness (QED) is 0.553. The lowest BCUT2D eigenvalue weighted by molar-refractivity contribution is 0.0747. The van der Waals surface area contributed by atoms with E-state index in [9.17, 15) is 9.59 Å². The fourth-order valence-electron chi connectivity index (χ4n) is 4.17. The number of thiazole rings is 1. The maximum atomic E-state index is 13.5. The number of nitrogens with zero attached hydrogens (tertiary/aromatic N) is 2. The third-order valence-corrected chi connectivity index (χ3v) is 8.18. The van der Waals surface area contributed by atoms with Crippen LogP contribution in [-0.2, 0) is 6.42 Å². The van der Waals surface area contributed by atoms with E-state index in [0.717, 1.165) is 38.9 Å². The van der Waals surface area contributed by atoms with Crippen LogP contribution in [-0.4, -0.2) is 52.5 Å². The van der Waals surface area contributed by atoms with Crippen molar-refractivity contribution >= 4 is 46.5 Å². The van der Waals surface area contributed by atoms with Crippen molar-refractivity contribution in [3.05, 3.63) is 69.3 Å². The maximum absolute atomic E-state index is 13.5. The summed E-state index contributed by atoms with van der Waals surface area (Å²) in [5.74, 6) is 1.34. The summed E-state index contributed by atoms with van der Waals surface area (Å²) in [7, 11) is 0. The van der Waals surface area contributed by atoms with Gasteiger partial charge in [-0.3, -0.25) is 9.59 Å². The molecular formula is C24H22ClN3O3S2. The minimum atomic E-state index is -0.149. The number of carbonyl (C=O) groups is 2. The number of halogens is 1. The number of aryl methyl sites for hydroxylation is 1. The van der Waals surface area contributed by atoms with Crippen molar-refractivity contribution in [1.82, 2.24) is 15.2 Å². The number of ether oxygens (including phenoxy) is 1. The second-order valence-electron chi connectivity index (χ2n) is 7.84. The molecule has 2 amide bonds. The molecule has 170 valence electrons. The van der Waals surface area contributed by atoms with E-state index < -0.39 is 0 Å². The van der Waals surface area contributed by atoms with Gasteiger partial charge in [0.1, 0.15) is 11.4 Å². The number of nitrogens with one attached hydrogen (secondary N) is 1. The van der Waals surface area contributed by atoms with Gasteiger partial charge in [-0.2, -0.15) is 0 Å². The molecule has 1 N–H and O–H groups in total. The lowest BCUT2D eigenvalue weighted by atomic mass is 10.0. The smallest absolute Gasteiger partial charge is 0.274 e. The van der Waals surface area contributed by atoms with Gasteiger partial charge in [-0.25, -0.2) is 4.98 Å². The van der Waals surface area contributed by atoms with Gasteiger partial charge in [0.05, 0.1) is 21.9 Å². The highest BCUT2D eigenvalue weighted by Crippen LogP contribution is 2.34. The van der Waals surface area contributed by atoms with Crippen LogP contribution in [0.15, 0.2) is 42.5 Å². The van der Waals surface area contributed by atoms with Gasteiger partial charge in [0, 0.05) is 41.4 Å². The van der Waals surface area contributed by atoms with Crippen molar-refractivity contribution in [3.8, 4) is 16.2 Å². The number of fused-ring (bicyclic) bond motifs is 1. The van der Waals surface area contributed by atoms with E-state index in [0.29, 0.717) is 36.0 Å². The van der Waals surface area contributed by atoms with Gasteiger partial charge in [0.2, 0.25) is 0 Å². The van der Waals surface area contributed by atoms with Crippen LogP contribution in [0.5, 0.6) is 5.75 Å². The van der Waals surface area contributed by atoms with Gasteiger partial charge in [-0.15, -0.1) is 23.1 Å². The zero-order valence-electron chi connectivity index (χ0n) is 18.0. The van der Waals surface area contributed by atoms with Crippen LogP contribution in [0.2, 0.25) is 5.02 Å². The number of hydrogen-bond donors (Lipinski definition) is 1. The van der Waals surface area contributed by atoms with Crippen molar-refractivity contribution in [1.29, 1.82) is 0 Å². The first-order chi connectivity index (χ1) is 16.0. The van der Waals surface area contributed by atoms with Crippen molar-refractivity contribution in [2.75, 3.05) is 25.4 Å². The molecule has 0 aliphatic carbocycles. The van der Waals surface area contributed by atoms with E-state index in [1.54, 1.807) is 11.8 Å². The Kier molecular flexibility index (Phi) is 6.32. The second kappa shape index (κ2) is 9.37. The zero-order valence-corrected chi connectivity index (χ0v) is 20.4. The standard InChI is InChI=1S/C24H22ClN3O3S2/c1-14-27-21(22(33-14)15-4-2-5-16(25)12-15)24(30)28-9-11-32-20(28)13-26-23(29)18-6-3-7-19-17(18)8-10-31-19/h2-7,12,20H,8-11,13H2,1H3,(H,26,29). The Morgan fingerprint density at radius 1 is 1.27 bits per heavy atom. The Hall–Kier alpha value is -2.55. The summed E-state index contributed by atoms with van der Waals surface area (Å²) in [6, 6.07) is 13.0. The van der Waals surface area contributed by atoms with Gasteiger partial charge in [-0.05, 0) is 36.8 Å². The summed E-state index contributed by atoms with van der Waals surface area (Å²) in [5, 5.41) is 4.31. The zero-order chi connectivity index (χ0) is 22.9. The molecule has 5 rings (SSSR count). The molecule has 1 aromatic heterocycles. The van der Waals surface area contributed by atoms with Crippen LogP contribution in [0, 0.1) is 6.92 Å². The van der Waals surface area contributed by atoms with Crippen molar-refractivity contribution in [3.63, 3.8) is 0 Å². The summed E-state index contributed by atoms with van der Waals surface area (Å²) in [6.07, 6.45) is 0.733. The third-order valence-electron chi connectivity index (χ3n) is 5.70. The van der Waals surface area contributed by atoms with Crippen LogP contribution >= 0.6 is 34.7 Å². The molecule has 0 bridgehead atoms. The van der Waals surface area contributed by atoms with Crippen molar-refractivity contribution in [2.24, 2.45) is 0 Å². The van der Waals surface area contributed by atoms with E-state index in [1.165, 1.54) is 11.3 Å². The molecule has 0 spiro atoms. The molecule has 0 saturated carbocycles. The SMILES string of the molecule is Cc1nc(C(=O)N2CCSC2CNC(=O)c2cccc3c2CCO3)c(-c2cccc(Cl)c2)s1. The summed E-state index contributed by atoms with van der Waals surface area (Å²) < 4.78 is 5.57. The molecule has 0 radical (unpaired) electrons. The van der Waals surface area contributed by atoms with Gasteiger partial charge in [0.15, 0.2) is 0 Å². The summed E-state index contributed by atoms with van der Waals surface area (Å²) in [4.78, 5) is 33.6. The van der Waals surface area contributed by atoms with Crippen LogP contribution < -0.4 is 10.1 Å². The van der Waals surface area contributed by atoms with Crippen molar-refractivity contribution < 1.29 is 14.3 Å². The Morgan fingerprint density at radius 3 is 2.97 bits per heavy atom. The van der Waals surface area contributed by atoms with Crippen LogP contribution in [0.25, 0.3) is 10.4 Å². The van der Waals surface area contributed by atoms with E-state index in [-0.39, 0.29) is 17.2 Å². The Labute approximate surface area is 205 Å². The number of thioether (sulfide) groups is 1. The largest absolute Gasteiger partial charge is 0.493 e. The molecule has 2 aliphatic rings. The molecular weight excluding hydrogens is 478 g/mol. The lowest BCUT2D eigenvalue weighted by Crippen LogP contribution is -2.42. The molecule has 1 saturated heterocycles. The highest BCUT2D eigenvalue weighted by atomic mass is 35.5. The maximum Gasteiger partial charge on any atom is 0.274 e. The van der Waals surface area contributed by atoms with Crippen molar-refractivity contribution in [2.45, 2.75) is 18.7 Å². The van der Waals surface area contributed by atoms with Gasteiger partial charge in [-0.1, -0.05) is 29.8 Å². The number of benzene rings is 2. The minimum Gasteiger partial charge on any atom is -0.493 e. The number of aromatic nitrogens is 1. The first-order valence-corrected chi connectivity index (χ1v) is 12.9.